The minimum Gasteiger partial charge on any atom is -0.482 e. The third-order valence-electron chi connectivity index (χ3n) is 2.52. The van der Waals surface area contributed by atoms with Gasteiger partial charge in [-0.1, -0.05) is 29.3 Å². The van der Waals surface area contributed by atoms with Crippen molar-refractivity contribution in [3.63, 3.8) is 0 Å². The largest absolute Gasteiger partial charge is 0.482 e. The van der Waals surface area contributed by atoms with E-state index in [4.69, 9.17) is 33.7 Å². The molecule has 2 N–H and O–H groups in total. The number of halogens is 3. The second-order valence-electron chi connectivity index (χ2n) is 4.09. The third-order valence-corrected chi connectivity index (χ3v) is 5.01. The van der Waals surface area contributed by atoms with E-state index in [9.17, 15) is 0 Å². The average molecular weight is 381 g/mol. The Labute approximate surface area is 134 Å². The molecule has 0 aliphatic rings. The van der Waals surface area contributed by atoms with Crippen molar-refractivity contribution in [3.8, 4) is 5.75 Å². The van der Waals surface area contributed by atoms with Gasteiger partial charge >= 0.3 is 0 Å². The normalized spacial score (nSPS) is 14.2. The minimum absolute atomic E-state index is 0.166. The maximum atomic E-state index is 6.13. The summed E-state index contributed by atoms with van der Waals surface area (Å²) in [7, 11) is 0. The van der Waals surface area contributed by atoms with Gasteiger partial charge in [-0.15, -0.1) is 11.3 Å². The molecular formula is C13H12BrCl2NOS. The van der Waals surface area contributed by atoms with E-state index in [0.717, 1.165) is 8.66 Å². The van der Waals surface area contributed by atoms with Crippen LogP contribution in [0.25, 0.3) is 0 Å². The highest BCUT2D eigenvalue weighted by Gasteiger charge is 2.21. The van der Waals surface area contributed by atoms with Crippen LogP contribution in [0.2, 0.25) is 10.0 Å². The molecule has 0 amide bonds. The highest BCUT2D eigenvalue weighted by molar-refractivity contribution is 9.11. The zero-order chi connectivity index (χ0) is 14.0. The molecule has 0 radical (unpaired) electrons. The molecule has 6 heteroatoms. The molecule has 1 heterocycles. The van der Waals surface area contributed by atoms with Crippen LogP contribution in [-0.4, -0.2) is 6.04 Å². The lowest BCUT2D eigenvalue weighted by Gasteiger charge is -2.22. The van der Waals surface area contributed by atoms with E-state index in [1.54, 1.807) is 29.5 Å². The first-order chi connectivity index (χ1) is 8.99. The van der Waals surface area contributed by atoms with Gasteiger partial charge in [0.25, 0.3) is 0 Å². The average Bonchev–Trinajstić information content (AvgIpc) is 2.77. The Morgan fingerprint density at radius 1 is 1.26 bits per heavy atom. The summed E-state index contributed by atoms with van der Waals surface area (Å²) < 4.78 is 6.97. The van der Waals surface area contributed by atoms with E-state index >= 15 is 0 Å². The van der Waals surface area contributed by atoms with Crippen molar-refractivity contribution in [2.24, 2.45) is 5.73 Å². The van der Waals surface area contributed by atoms with Crippen LogP contribution in [0.15, 0.2) is 34.1 Å². The van der Waals surface area contributed by atoms with Gasteiger partial charge in [-0.3, -0.25) is 0 Å². The summed E-state index contributed by atoms with van der Waals surface area (Å²) in [5, 5.41) is 0.875. The van der Waals surface area contributed by atoms with E-state index < -0.39 is 0 Å². The van der Waals surface area contributed by atoms with Crippen LogP contribution in [0.4, 0.5) is 0 Å². The Balaban J connectivity index is 2.29. The number of nitrogens with two attached hydrogens (primary N) is 1. The van der Waals surface area contributed by atoms with Crippen molar-refractivity contribution in [1.29, 1.82) is 0 Å². The highest BCUT2D eigenvalue weighted by Crippen LogP contribution is 2.37. The van der Waals surface area contributed by atoms with Crippen molar-refractivity contribution >= 4 is 50.5 Å². The predicted octanol–water partition coefficient (Wildman–Crippen LogP) is 5.28. The molecule has 0 saturated heterocycles. The first-order valence-electron chi connectivity index (χ1n) is 5.60. The lowest BCUT2D eigenvalue weighted by molar-refractivity contribution is 0.184. The molecule has 0 saturated carbocycles. The van der Waals surface area contributed by atoms with Gasteiger partial charge in [0.15, 0.2) is 0 Å². The quantitative estimate of drug-likeness (QED) is 0.782. The summed E-state index contributed by atoms with van der Waals surface area (Å²) in [6.07, 6.45) is -0.257. The molecule has 0 fully saturated rings. The van der Waals surface area contributed by atoms with Crippen molar-refractivity contribution in [2.45, 2.75) is 19.1 Å². The molecule has 102 valence electrons. The molecule has 0 aliphatic heterocycles. The molecule has 1 aromatic carbocycles. The second kappa shape index (κ2) is 6.46. The Morgan fingerprint density at radius 3 is 2.58 bits per heavy atom. The SMILES string of the molecule is CC(N)C(Oc1cccc(Cl)c1Cl)c1ccc(Br)s1. The molecular weight excluding hydrogens is 369 g/mol. The summed E-state index contributed by atoms with van der Waals surface area (Å²) in [5.41, 5.74) is 6.00. The summed E-state index contributed by atoms with van der Waals surface area (Å²) in [5.74, 6) is 0.543. The lowest BCUT2D eigenvalue weighted by Crippen LogP contribution is -2.28. The van der Waals surface area contributed by atoms with Gasteiger partial charge in [-0.2, -0.15) is 0 Å². The summed E-state index contributed by atoms with van der Waals surface area (Å²) in [6.45, 7) is 1.90. The zero-order valence-electron chi connectivity index (χ0n) is 10.1. The maximum absolute atomic E-state index is 6.13. The fourth-order valence-electron chi connectivity index (χ4n) is 1.62. The molecule has 0 bridgehead atoms. The van der Waals surface area contributed by atoms with E-state index in [0.29, 0.717) is 15.8 Å². The molecule has 2 nitrogen and oxygen atoms in total. The smallest absolute Gasteiger partial charge is 0.148 e. The van der Waals surface area contributed by atoms with Crippen molar-refractivity contribution in [3.05, 3.63) is 49.0 Å². The number of ether oxygens (including phenoxy) is 1. The maximum Gasteiger partial charge on any atom is 0.148 e. The van der Waals surface area contributed by atoms with Crippen molar-refractivity contribution in [2.75, 3.05) is 0 Å². The van der Waals surface area contributed by atoms with E-state index in [2.05, 4.69) is 15.9 Å². The first kappa shape index (κ1) is 15.1. The van der Waals surface area contributed by atoms with Gasteiger partial charge in [0.05, 0.1) is 8.81 Å². The number of benzene rings is 1. The molecule has 0 aliphatic carbocycles. The van der Waals surface area contributed by atoms with Crippen LogP contribution in [0.5, 0.6) is 5.75 Å². The number of hydrogen-bond acceptors (Lipinski definition) is 3. The van der Waals surface area contributed by atoms with Crippen LogP contribution in [0.1, 0.15) is 17.9 Å². The Bertz CT molecular complexity index is 574. The number of hydrogen-bond donors (Lipinski definition) is 1. The monoisotopic (exact) mass is 379 g/mol. The lowest BCUT2D eigenvalue weighted by atomic mass is 10.1. The zero-order valence-corrected chi connectivity index (χ0v) is 14.0. The Hall–Kier alpha value is -0.260. The topological polar surface area (TPSA) is 35.2 Å². The summed E-state index contributed by atoms with van der Waals surface area (Å²) in [6, 6.07) is 9.10. The van der Waals surface area contributed by atoms with Crippen LogP contribution >= 0.6 is 50.5 Å². The third kappa shape index (κ3) is 3.64. The van der Waals surface area contributed by atoms with Gasteiger partial charge in [0, 0.05) is 10.9 Å². The van der Waals surface area contributed by atoms with Gasteiger partial charge in [-0.05, 0) is 47.1 Å². The molecule has 1 aromatic heterocycles. The molecule has 0 spiro atoms. The summed E-state index contributed by atoms with van der Waals surface area (Å²) >= 11 is 17.1. The highest BCUT2D eigenvalue weighted by atomic mass is 79.9. The second-order valence-corrected chi connectivity index (χ2v) is 7.37. The van der Waals surface area contributed by atoms with Crippen molar-refractivity contribution in [1.82, 2.24) is 0 Å². The van der Waals surface area contributed by atoms with Crippen LogP contribution in [-0.2, 0) is 0 Å². The fraction of sp³-hybridized carbons (Fsp3) is 0.231. The van der Waals surface area contributed by atoms with Crippen LogP contribution in [0, 0.1) is 0 Å². The molecule has 2 rings (SSSR count). The standard InChI is InChI=1S/C13H12BrCl2NOS/c1-7(17)13(10-5-6-11(14)19-10)18-9-4-2-3-8(15)12(9)16/h2-7,13H,17H2,1H3. The molecule has 2 atom stereocenters. The van der Waals surface area contributed by atoms with Gasteiger partial charge < -0.3 is 10.5 Å². The number of thiophene rings is 1. The van der Waals surface area contributed by atoms with E-state index in [-0.39, 0.29) is 12.1 Å². The Morgan fingerprint density at radius 2 is 2.00 bits per heavy atom. The summed E-state index contributed by atoms with van der Waals surface area (Å²) in [4.78, 5) is 1.04. The van der Waals surface area contributed by atoms with Gasteiger partial charge in [-0.25, -0.2) is 0 Å². The van der Waals surface area contributed by atoms with E-state index in [1.165, 1.54) is 0 Å². The van der Waals surface area contributed by atoms with E-state index in [1.807, 2.05) is 19.1 Å². The molecule has 19 heavy (non-hydrogen) atoms. The van der Waals surface area contributed by atoms with Gasteiger partial charge in [0.1, 0.15) is 16.9 Å². The van der Waals surface area contributed by atoms with Crippen LogP contribution < -0.4 is 10.5 Å². The van der Waals surface area contributed by atoms with Gasteiger partial charge in [0.2, 0.25) is 0 Å². The van der Waals surface area contributed by atoms with Crippen molar-refractivity contribution < 1.29 is 4.74 Å². The fourth-order valence-corrected chi connectivity index (χ4v) is 3.52. The first-order valence-corrected chi connectivity index (χ1v) is 7.97. The predicted molar refractivity (Wildman–Crippen MR) is 85.5 cm³/mol. The molecule has 2 unspecified atom stereocenters. The Kier molecular flexibility index (Phi) is 5.15. The molecule has 2 aromatic rings. The number of rotatable bonds is 4. The minimum atomic E-state index is -0.257. The van der Waals surface area contributed by atoms with Crippen LogP contribution in [0.3, 0.4) is 0 Å².